The number of hydrogen-bond donors (Lipinski definition) is 1. The number of nitrogens with zero attached hydrogens (tertiary/aromatic N) is 3. The number of hydrogen-bond acceptors (Lipinski definition) is 5. The summed E-state index contributed by atoms with van der Waals surface area (Å²) in [6, 6.07) is 25.6. The SMILES string of the molecule is COCCCNC(=O)CN1C(=O)CS[C@@H](c2cccc(C)c2)c2c(-c3ccccc3)nn(-c3ccccc3Cl)c21. The van der Waals surface area contributed by atoms with Gasteiger partial charge in [0, 0.05) is 31.4 Å². The standard InChI is InChI=1S/C31H31ClN4O3S/c1-21-10-8-13-23(18-21)30-28-29(22-11-4-3-5-12-22)34-36(25-15-7-6-14-24(25)32)31(28)35(27(38)20-40-30)19-26(37)33-16-9-17-39-2/h3-8,10-15,18,30H,9,16-17,19-20H2,1-2H3,(H,33,37)/t30-/m0/s1. The predicted molar refractivity (Wildman–Crippen MR) is 161 cm³/mol. The number of aromatic nitrogens is 2. The van der Waals surface area contributed by atoms with Crippen molar-refractivity contribution in [3.8, 4) is 16.9 Å². The van der Waals surface area contributed by atoms with E-state index in [0.717, 1.165) is 27.9 Å². The van der Waals surface area contributed by atoms with Crippen molar-refractivity contribution in [1.82, 2.24) is 15.1 Å². The molecule has 0 aliphatic carbocycles. The third-order valence-corrected chi connectivity index (χ3v) is 8.29. The Labute approximate surface area is 243 Å². The van der Waals surface area contributed by atoms with Crippen LogP contribution in [0.5, 0.6) is 0 Å². The van der Waals surface area contributed by atoms with Gasteiger partial charge in [-0.3, -0.25) is 14.5 Å². The molecule has 1 aliphatic rings. The fourth-order valence-corrected chi connectivity index (χ4v) is 6.26. The molecule has 9 heteroatoms. The first-order valence-corrected chi connectivity index (χ1v) is 14.6. The highest BCUT2D eigenvalue weighted by molar-refractivity contribution is 8.00. The Morgan fingerprint density at radius 3 is 2.62 bits per heavy atom. The zero-order chi connectivity index (χ0) is 28.1. The van der Waals surface area contributed by atoms with Crippen LogP contribution in [0.15, 0.2) is 78.9 Å². The van der Waals surface area contributed by atoms with Gasteiger partial charge in [0.2, 0.25) is 11.8 Å². The Morgan fingerprint density at radius 1 is 1.10 bits per heavy atom. The van der Waals surface area contributed by atoms with Crippen molar-refractivity contribution >= 4 is 41.0 Å². The third kappa shape index (κ3) is 5.94. The summed E-state index contributed by atoms with van der Waals surface area (Å²) in [5.41, 5.74) is 5.37. The summed E-state index contributed by atoms with van der Waals surface area (Å²) in [5.74, 6) is 0.352. The number of ether oxygens (including phenoxy) is 1. The first-order chi connectivity index (χ1) is 19.5. The summed E-state index contributed by atoms with van der Waals surface area (Å²) in [6.45, 7) is 2.93. The topological polar surface area (TPSA) is 76.5 Å². The molecule has 0 saturated carbocycles. The molecule has 1 aromatic heterocycles. The van der Waals surface area contributed by atoms with Crippen molar-refractivity contribution in [3.05, 3.63) is 101 Å². The zero-order valence-corrected chi connectivity index (χ0v) is 24.0. The average molecular weight is 575 g/mol. The molecular formula is C31H31ClN4O3S. The summed E-state index contributed by atoms with van der Waals surface area (Å²) in [4.78, 5) is 28.5. The van der Waals surface area contributed by atoms with Gasteiger partial charge >= 0.3 is 0 Å². The molecule has 0 spiro atoms. The second kappa shape index (κ2) is 12.7. The van der Waals surface area contributed by atoms with Gasteiger partial charge in [-0.05, 0) is 31.0 Å². The highest BCUT2D eigenvalue weighted by Gasteiger charge is 2.38. The maximum atomic E-state index is 13.8. The normalized spacial score (nSPS) is 15.0. The average Bonchev–Trinajstić information content (AvgIpc) is 3.28. The zero-order valence-electron chi connectivity index (χ0n) is 22.5. The van der Waals surface area contributed by atoms with Crippen molar-refractivity contribution in [2.75, 3.05) is 37.5 Å². The number of carbonyl (C=O) groups is 2. The van der Waals surface area contributed by atoms with Gasteiger partial charge < -0.3 is 10.1 Å². The van der Waals surface area contributed by atoms with Gasteiger partial charge in [-0.15, -0.1) is 11.8 Å². The number of aryl methyl sites for hydroxylation is 1. The fourth-order valence-electron chi connectivity index (χ4n) is 4.86. The van der Waals surface area contributed by atoms with Gasteiger partial charge in [0.25, 0.3) is 0 Å². The van der Waals surface area contributed by atoms with Gasteiger partial charge in [0.1, 0.15) is 12.4 Å². The van der Waals surface area contributed by atoms with E-state index in [9.17, 15) is 9.59 Å². The van der Waals surface area contributed by atoms with Gasteiger partial charge in [-0.1, -0.05) is 83.9 Å². The Hall–Kier alpha value is -3.59. The van der Waals surface area contributed by atoms with E-state index in [-0.39, 0.29) is 29.4 Å². The van der Waals surface area contributed by atoms with Crippen LogP contribution < -0.4 is 10.2 Å². The Bertz CT molecular complexity index is 1510. The van der Waals surface area contributed by atoms with E-state index < -0.39 is 0 Å². The lowest BCUT2D eigenvalue weighted by Crippen LogP contribution is -2.42. The summed E-state index contributed by atoms with van der Waals surface area (Å²) in [5, 5.41) is 8.31. The lowest BCUT2D eigenvalue weighted by Gasteiger charge is -2.23. The lowest BCUT2D eigenvalue weighted by molar-refractivity contribution is -0.122. The van der Waals surface area contributed by atoms with Crippen molar-refractivity contribution < 1.29 is 14.3 Å². The highest BCUT2D eigenvalue weighted by Crippen LogP contribution is 2.49. The Morgan fingerprint density at radius 2 is 1.88 bits per heavy atom. The van der Waals surface area contributed by atoms with Crippen molar-refractivity contribution in [1.29, 1.82) is 0 Å². The smallest absolute Gasteiger partial charge is 0.240 e. The number of anilines is 1. The number of methoxy groups -OCH3 is 1. The predicted octanol–water partition coefficient (Wildman–Crippen LogP) is 5.82. The van der Waals surface area contributed by atoms with Crippen LogP contribution in [0.3, 0.4) is 0 Å². The van der Waals surface area contributed by atoms with Gasteiger partial charge in [0.05, 0.1) is 27.4 Å². The Kier molecular flexibility index (Phi) is 8.89. The van der Waals surface area contributed by atoms with Crippen LogP contribution in [0.1, 0.15) is 28.4 Å². The van der Waals surface area contributed by atoms with Gasteiger partial charge in [0.15, 0.2) is 0 Å². The maximum Gasteiger partial charge on any atom is 0.240 e. The van der Waals surface area contributed by atoms with Crippen LogP contribution in [0.4, 0.5) is 5.82 Å². The monoisotopic (exact) mass is 574 g/mol. The number of benzene rings is 3. The number of amides is 2. The number of fused-ring (bicyclic) bond motifs is 1. The van der Waals surface area contributed by atoms with E-state index in [1.807, 2.05) is 54.6 Å². The van der Waals surface area contributed by atoms with Crippen LogP contribution in [0.2, 0.25) is 5.02 Å². The van der Waals surface area contributed by atoms with E-state index in [0.29, 0.717) is 36.1 Å². The molecule has 1 aliphatic heterocycles. The molecule has 0 saturated heterocycles. The van der Waals surface area contributed by atoms with E-state index in [2.05, 4.69) is 30.4 Å². The molecule has 1 atom stereocenters. The van der Waals surface area contributed by atoms with E-state index in [1.54, 1.807) is 34.5 Å². The largest absolute Gasteiger partial charge is 0.385 e. The second-order valence-electron chi connectivity index (χ2n) is 9.60. The molecule has 40 heavy (non-hydrogen) atoms. The number of halogens is 1. The number of nitrogens with one attached hydrogen (secondary N) is 1. The molecule has 0 unspecified atom stereocenters. The number of thioether (sulfide) groups is 1. The maximum absolute atomic E-state index is 13.8. The van der Waals surface area contributed by atoms with E-state index in [4.69, 9.17) is 21.4 Å². The molecule has 2 amide bonds. The number of para-hydroxylation sites is 1. The van der Waals surface area contributed by atoms with Crippen LogP contribution >= 0.6 is 23.4 Å². The lowest BCUT2D eigenvalue weighted by atomic mass is 9.98. The number of rotatable bonds is 9. The molecule has 2 heterocycles. The molecule has 1 N–H and O–H groups in total. The van der Waals surface area contributed by atoms with E-state index >= 15 is 0 Å². The summed E-state index contributed by atoms with van der Waals surface area (Å²) < 4.78 is 6.82. The molecule has 0 radical (unpaired) electrons. The quantitative estimate of drug-likeness (QED) is 0.255. The first kappa shape index (κ1) is 28.0. The first-order valence-electron chi connectivity index (χ1n) is 13.2. The van der Waals surface area contributed by atoms with Crippen LogP contribution in [-0.4, -0.2) is 54.2 Å². The minimum atomic E-state index is -0.248. The van der Waals surface area contributed by atoms with Crippen molar-refractivity contribution in [2.45, 2.75) is 18.6 Å². The molecule has 206 valence electrons. The van der Waals surface area contributed by atoms with Crippen LogP contribution in [0, 0.1) is 6.92 Å². The molecule has 3 aromatic carbocycles. The summed E-state index contributed by atoms with van der Waals surface area (Å²) in [7, 11) is 1.63. The minimum Gasteiger partial charge on any atom is -0.385 e. The van der Waals surface area contributed by atoms with Crippen LogP contribution in [0.25, 0.3) is 16.9 Å². The van der Waals surface area contributed by atoms with Crippen LogP contribution in [-0.2, 0) is 14.3 Å². The molecule has 7 nitrogen and oxygen atoms in total. The second-order valence-corrected chi connectivity index (χ2v) is 11.1. The molecule has 0 fully saturated rings. The summed E-state index contributed by atoms with van der Waals surface area (Å²) in [6.07, 6.45) is 0.683. The number of carbonyl (C=O) groups excluding carboxylic acids is 2. The van der Waals surface area contributed by atoms with Crippen molar-refractivity contribution in [2.24, 2.45) is 0 Å². The minimum absolute atomic E-state index is 0.135. The van der Waals surface area contributed by atoms with Crippen molar-refractivity contribution in [3.63, 3.8) is 0 Å². The third-order valence-electron chi connectivity index (χ3n) is 6.71. The fraction of sp³-hybridized carbons (Fsp3) is 0.258. The molecular weight excluding hydrogens is 544 g/mol. The summed E-state index contributed by atoms with van der Waals surface area (Å²) >= 11 is 8.25. The highest BCUT2D eigenvalue weighted by atomic mass is 35.5. The molecule has 0 bridgehead atoms. The molecule has 4 aromatic rings. The van der Waals surface area contributed by atoms with E-state index in [1.165, 1.54) is 0 Å². The van der Waals surface area contributed by atoms with Gasteiger partial charge in [-0.2, -0.15) is 5.10 Å². The Balaban J connectivity index is 1.72. The van der Waals surface area contributed by atoms with Gasteiger partial charge in [-0.25, -0.2) is 4.68 Å². The molecule has 5 rings (SSSR count).